The predicted octanol–water partition coefficient (Wildman–Crippen LogP) is 1.14. The third kappa shape index (κ3) is 3.88. The fourth-order valence-corrected chi connectivity index (χ4v) is 3.43. The number of aryl methyl sites for hydroxylation is 1. The second-order valence-corrected chi connectivity index (χ2v) is 7.02. The van der Waals surface area contributed by atoms with Crippen molar-refractivity contribution in [2.24, 2.45) is 13.0 Å². The zero-order valence-electron chi connectivity index (χ0n) is 15.2. The Morgan fingerprint density at radius 3 is 2.48 bits per heavy atom. The van der Waals surface area contributed by atoms with Crippen molar-refractivity contribution in [2.45, 2.75) is 13.1 Å². The Morgan fingerprint density at radius 2 is 1.74 bits per heavy atom. The molecule has 138 valence electrons. The van der Waals surface area contributed by atoms with E-state index in [4.69, 9.17) is 0 Å². The largest absolute Gasteiger partial charge is 0.318 e. The summed E-state index contributed by atoms with van der Waals surface area (Å²) >= 11 is 0. The number of rotatable bonds is 5. The summed E-state index contributed by atoms with van der Waals surface area (Å²) in [4.78, 5) is 29.9. The van der Waals surface area contributed by atoms with Gasteiger partial charge in [-0.05, 0) is 23.8 Å². The lowest BCUT2D eigenvalue weighted by Crippen LogP contribution is -2.49. The maximum absolute atomic E-state index is 12.2. The van der Waals surface area contributed by atoms with Crippen LogP contribution in [0.2, 0.25) is 0 Å². The lowest BCUT2D eigenvalue weighted by molar-refractivity contribution is 0.0765. The van der Waals surface area contributed by atoms with Crippen LogP contribution < -0.4 is 11.1 Å². The topological polar surface area (TPSA) is 73.0 Å². The first kappa shape index (κ1) is 17.4. The van der Waals surface area contributed by atoms with Gasteiger partial charge in [-0.15, -0.1) is 0 Å². The average Bonchev–Trinajstić information content (AvgIpc) is 2.65. The highest BCUT2D eigenvalue weighted by atomic mass is 16.1. The molecular weight excluding hydrogens is 342 g/mol. The Hall–Kier alpha value is -3.06. The average molecular weight is 363 g/mol. The van der Waals surface area contributed by atoms with E-state index in [-0.39, 0.29) is 11.1 Å². The summed E-state index contributed by atoms with van der Waals surface area (Å²) in [6.07, 6.45) is 5.31. The summed E-state index contributed by atoms with van der Waals surface area (Å²) in [6, 6.07) is 10.6. The Balaban J connectivity index is 1.39. The van der Waals surface area contributed by atoms with Crippen molar-refractivity contribution in [3.05, 3.63) is 81.3 Å². The van der Waals surface area contributed by atoms with E-state index >= 15 is 0 Å². The van der Waals surface area contributed by atoms with Crippen molar-refractivity contribution in [2.75, 3.05) is 13.1 Å². The Bertz CT molecular complexity index is 1050. The highest BCUT2D eigenvalue weighted by Gasteiger charge is 2.27. The van der Waals surface area contributed by atoms with Crippen LogP contribution in [0.5, 0.6) is 0 Å². The third-order valence-corrected chi connectivity index (χ3v) is 4.86. The van der Waals surface area contributed by atoms with Gasteiger partial charge in [0.25, 0.3) is 5.56 Å². The molecule has 0 saturated carbocycles. The number of hydrogen-bond donors (Lipinski definition) is 0. The molecule has 0 atom stereocenters. The molecule has 1 saturated heterocycles. The first-order valence-corrected chi connectivity index (χ1v) is 8.95. The van der Waals surface area contributed by atoms with Crippen LogP contribution in [0.25, 0.3) is 11.3 Å². The molecule has 0 aromatic carbocycles. The lowest BCUT2D eigenvalue weighted by Gasteiger charge is -2.39. The summed E-state index contributed by atoms with van der Waals surface area (Å²) < 4.78 is 3.16. The van der Waals surface area contributed by atoms with E-state index in [9.17, 15) is 9.59 Å². The number of nitrogens with zero attached hydrogens (tertiary/aromatic N) is 5. The minimum Gasteiger partial charge on any atom is -0.318 e. The third-order valence-electron chi connectivity index (χ3n) is 4.86. The summed E-state index contributed by atoms with van der Waals surface area (Å²) in [6.45, 7) is 3.25. The molecule has 7 heteroatoms. The van der Waals surface area contributed by atoms with Crippen LogP contribution in [-0.2, 0) is 20.1 Å². The van der Waals surface area contributed by atoms with Crippen molar-refractivity contribution in [1.29, 1.82) is 0 Å². The van der Waals surface area contributed by atoms with E-state index in [1.165, 1.54) is 0 Å². The SMILES string of the molecule is Cn1cc(CN2CC(Cn3nc(-c4ccncc4)ccc3=O)C2)ccc1=O. The standard InChI is InChI=1S/C20H21N5O2/c1-23-10-15(2-4-19(23)26)11-24-12-16(13-24)14-25-20(27)5-3-18(22-25)17-6-8-21-9-7-17/h2-10,16H,11-14H2,1H3. The van der Waals surface area contributed by atoms with Crippen LogP contribution in [0.3, 0.4) is 0 Å². The zero-order valence-corrected chi connectivity index (χ0v) is 15.2. The Labute approximate surface area is 156 Å². The highest BCUT2D eigenvalue weighted by molar-refractivity contribution is 5.56. The van der Waals surface area contributed by atoms with Gasteiger partial charge in [0, 0.05) is 68.9 Å². The van der Waals surface area contributed by atoms with Gasteiger partial charge in [-0.25, -0.2) is 4.68 Å². The molecular formula is C20H21N5O2. The van der Waals surface area contributed by atoms with E-state index in [0.29, 0.717) is 12.5 Å². The molecule has 3 aromatic rings. The van der Waals surface area contributed by atoms with Crippen LogP contribution in [0.1, 0.15) is 5.56 Å². The molecule has 0 bridgehead atoms. The van der Waals surface area contributed by atoms with Crippen molar-refractivity contribution < 1.29 is 0 Å². The Morgan fingerprint density at radius 1 is 1.00 bits per heavy atom. The first-order chi connectivity index (χ1) is 13.1. The molecule has 1 fully saturated rings. The van der Waals surface area contributed by atoms with Crippen molar-refractivity contribution in [3.8, 4) is 11.3 Å². The van der Waals surface area contributed by atoms with Crippen molar-refractivity contribution >= 4 is 0 Å². The monoisotopic (exact) mass is 363 g/mol. The predicted molar refractivity (Wildman–Crippen MR) is 102 cm³/mol. The molecule has 0 radical (unpaired) electrons. The van der Waals surface area contributed by atoms with Crippen LogP contribution in [-0.4, -0.2) is 37.3 Å². The lowest BCUT2D eigenvalue weighted by atomic mass is 9.99. The number of hydrogen-bond acceptors (Lipinski definition) is 5. The summed E-state index contributed by atoms with van der Waals surface area (Å²) in [5.74, 6) is 0.399. The minimum atomic E-state index is -0.0793. The number of likely N-dealkylation sites (tertiary alicyclic amines) is 1. The molecule has 4 rings (SSSR count). The highest BCUT2D eigenvalue weighted by Crippen LogP contribution is 2.20. The second-order valence-electron chi connectivity index (χ2n) is 7.02. The van der Waals surface area contributed by atoms with E-state index < -0.39 is 0 Å². The van der Waals surface area contributed by atoms with Crippen LogP contribution in [0.15, 0.2) is 64.6 Å². The number of aromatic nitrogens is 4. The smallest absolute Gasteiger partial charge is 0.266 e. The molecule has 0 unspecified atom stereocenters. The maximum atomic E-state index is 12.2. The van der Waals surface area contributed by atoms with Crippen molar-refractivity contribution in [3.63, 3.8) is 0 Å². The van der Waals surface area contributed by atoms with Crippen LogP contribution in [0.4, 0.5) is 0 Å². The van der Waals surface area contributed by atoms with Gasteiger partial charge in [-0.3, -0.25) is 19.5 Å². The fraction of sp³-hybridized carbons (Fsp3) is 0.300. The molecule has 0 N–H and O–H groups in total. The van der Waals surface area contributed by atoms with Gasteiger partial charge in [0.1, 0.15) is 0 Å². The van der Waals surface area contributed by atoms with Gasteiger partial charge in [-0.1, -0.05) is 6.07 Å². The molecule has 7 nitrogen and oxygen atoms in total. The van der Waals surface area contributed by atoms with Crippen molar-refractivity contribution in [1.82, 2.24) is 24.2 Å². The van der Waals surface area contributed by atoms with E-state index in [1.54, 1.807) is 46.9 Å². The van der Waals surface area contributed by atoms with E-state index in [2.05, 4.69) is 15.0 Å². The van der Waals surface area contributed by atoms with Gasteiger partial charge in [0.2, 0.25) is 5.56 Å². The van der Waals surface area contributed by atoms with Gasteiger partial charge in [0.05, 0.1) is 12.2 Å². The van der Waals surface area contributed by atoms with Gasteiger partial charge in [-0.2, -0.15) is 5.10 Å². The quantitative estimate of drug-likeness (QED) is 0.680. The molecule has 1 aliphatic rings. The molecule has 4 heterocycles. The minimum absolute atomic E-state index is 0.000218. The van der Waals surface area contributed by atoms with Crippen LogP contribution in [0, 0.1) is 5.92 Å². The molecule has 0 amide bonds. The fourth-order valence-electron chi connectivity index (χ4n) is 3.43. The van der Waals surface area contributed by atoms with Crippen LogP contribution >= 0.6 is 0 Å². The Kier molecular flexibility index (Phi) is 4.68. The van der Waals surface area contributed by atoms with Gasteiger partial charge < -0.3 is 4.57 Å². The van der Waals surface area contributed by atoms with Gasteiger partial charge in [0.15, 0.2) is 0 Å². The number of pyridine rings is 2. The molecule has 3 aromatic heterocycles. The zero-order chi connectivity index (χ0) is 18.8. The van der Waals surface area contributed by atoms with E-state index in [1.807, 2.05) is 24.4 Å². The normalized spacial score (nSPS) is 14.9. The first-order valence-electron chi connectivity index (χ1n) is 8.95. The molecule has 27 heavy (non-hydrogen) atoms. The van der Waals surface area contributed by atoms with E-state index in [0.717, 1.165) is 36.5 Å². The summed E-state index contributed by atoms with van der Waals surface area (Å²) in [5.41, 5.74) is 2.76. The molecule has 1 aliphatic heterocycles. The second kappa shape index (κ2) is 7.28. The molecule has 0 aliphatic carbocycles. The maximum Gasteiger partial charge on any atom is 0.266 e. The summed E-state index contributed by atoms with van der Waals surface area (Å²) in [5, 5.41) is 4.51. The summed E-state index contributed by atoms with van der Waals surface area (Å²) in [7, 11) is 1.76. The van der Waals surface area contributed by atoms with Gasteiger partial charge >= 0.3 is 0 Å². The molecule has 0 spiro atoms.